The third-order valence-electron chi connectivity index (χ3n) is 17.7. The second-order valence-electron chi connectivity index (χ2n) is 24.5. The van der Waals surface area contributed by atoms with Crippen molar-refractivity contribution in [1.82, 2.24) is 0 Å². The topological polar surface area (TPSA) is 233 Å². The number of esters is 6. The molecule has 18 nitrogen and oxygen atoms in total. The maximum absolute atomic E-state index is 15.9. The second kappa shape index (κ2) is 31.7. The van der Waals surface area contributed by atoms with Gasteiger partial charge in [-0.3, -0.25) is 29.0 Å². The van der Waals surface area contributed by atoms with Crippen LogP contribution in [-0.2, 0) is 28.8 Å². The molecule has 2 aliphatic rings. The van der Waals surface area contributed by atoms with Crippen molar-refractivity contribution in [3.05, 3.63) is 322 Å². The van der Waals surface area contributed by atoms with E-state index in [1.54, 1.807) is 6.92 Å². The van der Waals surface area contributed by atoms with Crippen LogP contribution in [-0.4, -0.2) is 59.4 Å². The molecule has 0 aromatic heterocycles. The zero-order chi connectivity index (χ0) is 76.8. The lowest BCUT2D eigenvalue weighted by Crippen LogP contribution is -2.38. The van der Waals surface area contributed by atoms with E-state index in [4.69, 9.17) is 28.4 Å². The minimum Gasteiger partial charge on any atom is -0.423 e. The summed E-state index contributed by atoms with van der Waals surface area (Å²) in [5.74, 6) is -28.3. The summed E-state index contributed by atoms with van der Waals surface area (Å²) in [6.07, 6.45) is 4.79. The number of halogens is 8. The first kappa shape index (κ1) is 74.0. The highest BCUT2D eigenvalue weighted by Crippen LogP contribution is 2.53. The largest absolute Gasteiger partial charge is 0.423 e. The molecule has 2 aliphatic heterocycles. The van der Waals surface area contributed by atoms with Crippen LogP contribution in [0.4, 0.5) is 46.5 Å². The van der Waals surface area contributed by atoms with Gasteiger partial charge in [0.15, 0.2) is 23.3 Å². The Morgan fingerprint density at radius 2 is 0.667 bits per heavy atom. The van der Waals surface area contributed by atoms with E-state index >= 15 is 14.4 Å². The molecule has 542 valence electrons. The molecule has 0 N–H and O–H groups in total. The number of benzene rings is 10. The number of carbonyl (C=O) groups excluding carboxylic acids is 10. The molecule has 0 bridgehead atoms. The van der Waals surface area contributed by atoms with Gasteiger partial charge in [0, 0.05) is 24.0 Å². The van der Waals surface area contributed by atoms with Gasteiger partial charge in [0.25, 0.3) is 0 Å². The molecule has 4 amide bonds. The average molecular weight is 1470 g/mol. The Morgan fingerprint density at radius 3 is 1.06 bits per heavy atom. The lowest BCUT2D eigenvalue weighted by Gasteiger charge is -2.33. The summed E-state index contributed by atoms with van der Waals surface area (Å²) in [6, 6.07) is 42.8. The van der Waals surface area contributed by atoms with Gasteiger partial charge in [-0.05, 0) is 198 Å². The first-order chi connectivity index (χ1) is 51.8. The summed E-state index contributed by atoms with van der Waals surface area (Å²) in [4.78, 5) is 142. The molecular formula is C82H52F8N2O16. The molecule has 2 heterocycles. The zero-order valence-electron chi connectivity index (χ0n) is 56.0. The minimum absolute atomic E-state index is 0.0193. The van der Waals surface area contributed by atoms with Crippen LogP contribution in [0.1, 0.15) is 89.4 Å². The number of carbonyl (C=O) groups is 10. The van der Waals surface area contributed by atoms with Crippen LogP contribution in [0.5, 0.6) is 34.5 Å². The van der Waals surface area contributed by atoms with Crippen LogP contribution in [0.3, 0.4) is 0 Å². The molecule has 0 aliphatic carbocycles. The fraction of sp³-hybridized carbons (Fsp3) is 0.0976. The maximum Gasteiger partial charge on any atom is 0.349 e. The molecular weight excluding hydrogens is 1420 g/mol. The lowest BCUT2D eigenvalue weighted by molar-refractivity contribution is -0.129. The SMILES string of the molecule is CC1C(=O)N(c2ccc(OC(=O)/C=C/c3ccc(OC(=O)c4c(F)cccc4F)cc3)cc2)C(=O)C1C(c1ccc(OC(=O)/C=C/c2ccc(OC(=O)c3c(F)cccc3F)cc2)cc1)C1C(=O)N(c2ccc(OC(=O)c3ccc(F)c(F)c3)cc2)C(=O)C1C(C)c1ccc(OC(=O)c2ccc(F)c(F)c2)cc1. The van der Waals surface area contributed by atoms with Gasteiger partial charge in [0.2, 0.25) is 23.6 Å². The van der Waals surface area contributed by atoms with Crippen LogP contribution in [0.25, 0.3) is 12.2 Å². The van der Waals surface area contributed by atoms with Crippen LogP contribution in [0, 0.1) is 70.2 Å². The van der Waals surface area contributed by atoms with Crippen molar-refractivity contribution in [3.8, 4) is 34.5 Å². The number of nitrogens with zero attached hydrogens (tertiary/aromatic N) is 2. The molecule has 26 heteroatoms. The van der Waals surface area contributed by atoms with Gasteiger partial charge in [-0.15, -0.1) is 0 Å². The maximum atomic E-state index is 15.9. The third kappa shape index (κ3) is 16.1. The normalized spacial score (nSPS) is 16.2. The van der Waals surface area contributed by atoms with E-state index in [0.29, 0.717) is 28.8 Å². The van der Waals surface area contributed by atoms with Crippen molar-refractivity contribution in [1.29, 1.82) is 0 Å². The molecule has 108 heavy (non-hydrogen) atoms. The van der Waals surface area contributed by atoms with Crippen molar-refractivity contribution in [2.45, 2.75) is 25.7 Å². The van der Waals surface area contributed by atoms with E-state index in [1.807, 2.05) is 0 Å². The van der Waals surface area contributed by atoms with Crippen molar-refractivity contribution in [3.63, 3.8) is 0 Å². The fourth-order valence-electron chi connectivity index (χ4n) is 12.4. The van der Waals surface area contributed by atoms with Crippen molar-refractivity contribution >= 4 is 83.0 Å². The van der Waals surface area contributed by atoms with E-state index in [-0.39, 0.29) is 62.6 Å². The number of rotatable bonds is 21. The molecule has 0 saturated carbocycles. The van der Waals surface area contributed by atoms with E-state index in [1.165, 1.54) is 165 Å². The Labute approximate surface area is 607 Å². The van der Waals surface area contributed by atoms with Crippen LogP contribution >= 0.6 is 0 Å². The lowest BCUT2D eigenvalue weighted by atomic mass is 9.66. The van der Waals surface area contributed by atoms with E-state index in [2.05, 4.69) is 0 Å². The number of imide groups is 2. The average Bonchev–Trinajstić information content (AvgIpc) is 1.55. The van der Waals surface area contributed by atoms with E-state index < -0.39 is 153 Å². The van der Waals surface area contributed by atoms with Gasteiger partial charge in [-0.25, -0.2) is 63.9 Å². The Morgan fingerprint density at radius 1 is 0.343 bits per heavy atom. The van der Waals surface area contributed by atoms with Gasteiger partial charge >= 0.3 is 35.8 Å². The molecule has 2 saturated heterocycles. The van der Waals surface area contributed by atoms with Crippen LogP contribution in [0.2, 0.25) is 0 Å². The highest BCUT2D eigenvalue weighted by Gasteiger charge is 2.60. The summed E-state index contributed by atoms with van der Waals surface area (Å²) >= 11 is 0. The third-order valence-corrected chi connectivity index (χ3v) is 17.7. The Balaban J connectivity index is 0.840. The van der Waals surface area contributed by atoms with Crippen molar-refractivity contribution in [2.75, 3.05) is 9.80 Å². The molecule has 0 spiro atoms. The molecule has 2 fully saturated rings. The predicted molar refractivity (Wildman–Crippen MR) is 369 cm³/mol. The number of amides is 4. The number of hydrogen-bond acceptors (Lipinski definition) is 16. The van der Waals surface area contributed by atoms with Crippen LogP contribution in [0.15, 0.2) is 231 Å². The number of ether oxygens (including phenoxy) is 6. The Kier molecular flexibility index (Phi) is 21.7. The number of hydrogen-bond donors (Lipinski definition) is 0. The zero-order valence-corrected chi connectivity index (χ0v) is 56.0. The minimum atomic E-state index is -1.60. The summed E-state index contributed by atoms with van der Waals surface area (Å²) in [5.41, 5.74) is -1.27. The molecule has 6 atom stereocenters. The van der Waals surface area contributed by atoms with Crippen molar-refractivity contribution < 1.29 is 111 Å². The molecule has 10 aromatic rings. The smallest absolute Gasteiger partial charge is 0.349 e. The van der Waals surface area contributed by atoms with E-state index in [0.717, 1.165) is 82.6 Å². The predicted octanol–water partition coefficient (Wildman–Crippen LogP) is 15.4. The van der Waals surface area contributed by atoms with Crippen LogP contribution < -0.4 is 38.2 Å². The summed E-state index contributed by atoms with van der Waals surface area (Å²) in [5, 5.41) is 0. The first-order valence-corrected chi connectivity index (χ1v) is 32.6. The fourth-order valence-corrected chi connectivity index (χ4v) is 12.4. The van der Waals surface area contributed by atoms with Gasteiger partial charge < -0.3 is 28.4 Å². The Hall–Kier alpha value is -13.8. The second-order valence-corrected chi connectivity index (χ2v) is 24.5. The highest BCUT2D eigenvalue weighted by molar-refractivity contribution is 6.25. The summed E-state index contributed by atoms with van der Waals surface area (Å²) in [7, 11) is 0. The summed E-state index contributed by atoms with van der Waals surface area (Å²) < 4.78 is 145. The molecule has 6 unspecified atom stereocenters. The molecule has 10 aromatic carbocycles. The monoisotopic (exact) mass is 1470 g/mol. The summed E-state index contributed by atoms with van der Waals surface area (Å²) in [6.45, 7) is 3.05. The highest BCUT2D eigenvalue weighted by atomic mass is 19.2. The van der Waals surface area contributed by atoms with Crippen molar-refractivity contribution in [2.24, 2.45) is 23.7 Å². The molecule has 12 rings (SSSR count). The van der Waals surface area contributed by atoms with Gasteiger partial charge in [0.1, 0.15) is 68.9 Å². The van der Waals surface area contributed by atoms with E-state index in [9.17, 15) is 68.7 Å². The van der Waals surface area contributed by atoms with Gasteiger partial charge in [-0.2, -0.15) is 0 Å². The Bertz CT molecular complexity index is 5270. The number of anilines is 2. The van der Waals surface area contributed by atoms with Gasteiger partial charge in [-0.1, -0.05) is 74.5 Å². The quantitative estimate of drug-likeness (QED) is 0.0214. The van der Waals surface area contributed by atoms with Gasteiger partial charge in [0.05, 0.1) is 40.3 Å². The first-order valence-electron chi connectivity index (χ1n) is 32.6. The standard InChI is InChI=1S/C82H52F8N2O16/c1-43(47-15-29-57(30-16-47)105-79(99)49-19-37-59(83)65(89)41-49)69-74(78(98)92(76(69)96)52-23-35-58(36-24-52)106-80(100)50-20-38-60(84)66(90)42-50)71(48-17-31-53(32-18-48)103-67(93)39-13-45-9-25-55(26-10-45)107-81(101)72-61(85)5-3-6-62(72)86)70-44(2)75(95)91(77(70)97)51-21-33-54(34-22-51)104-68(94)40-14-46-11-27-56(28-12-46)108-82(102)73-63(87)7-4-8-64(73)88/h3-44,69-71,74H,1-2H3/b39-13+,40-14+. The molecule has 0 radical (unpaired) electrons.